The van der Waals surface area contributed by atoms with Crippen LogP contribution in [0.5, 0.6) is 0 Å². The molecule has 1 aliphatic rings. The van der Waals surface area contributed by atoms with Crippen LogP contribution >= 0.6 is 0 Å². The van der Waals surface area contributed by atoms with Gasteiger partial charge in [-0.15, -0.1) is 0 Å². The molecule has 1 aromatic heterocycles. The van der Waals surface area contributed by atoms with Crippen molar-refractivity contribution in [2.75, 3.05) is 18.0 Å². The van der Waals surface area contributed by atoms with E-state index in [1.165, 1.54) is 6.07 Å². The van der Waals surface area contributed by atoms with Crippen LogP contribution < -0.4 is 4.90 Å². The lowest BCUT2D eigenvalue weighted by molar-refractivity contribution is -0.383. The number of aliphatic hydroxyl groups excluding tert-OH is 1. The molecule has 0 unspecified atom stereocenters. The topological polar surface area (TPSA) is 106 Å². The minimum atomic E-state index is -0.504. The number of aliphatic hydroxyl groups is 1. The zero-order valence-corrected chi connectivity index (χ0v) is 10.0. The van der Waals surface area contributed by atoms with Crippen LogP contribution in [-0.2, 0) is 0 Å². The van der Waals surface area contributed by atoms with Crippen LogP contribution in [0.25, 0.3) is 11.0 Å². The Morgan fingerprint density at radius 2 is 2.00 bits per heavy atom. The van der Waals surface area contributed by atoms with Gasteiger partial charge in [-0.1, -0.05) is 0 Å². The summed E-state index contributed by atoms with van der Waals surface area (Å²) in [6.45, 7) is 1.36. The number of nitro benzene ring substituents is 1. The van der Waals surface area contributed by atoms with Gasteiger partial charge < -0.3 is 10.0 Å². The molecule has 8 heteroatoms. The molecule has 3 rings (SSSR count). The van der Waals surface area contributed by atoms with Crippen LogP contribution in [0.2, 0.25) is 0 Å². The van der Waals surface area contributed by atoms with E-state index in [1.807, 2.05) is 4.90 Å². The summed E-state index contributed by atoms with van der Waals surface area (Å²) in [7, 11) is 0. The zero-order valence-electron chi connectivity index (χ0n) is 10.0. The van der Waals surface area contributed by atoms with Crippen LogP contribution in [0.1, 0.15) is 12.8 Å². The van der Waals surface area contributed by atoms with E-state index in [0.717, 1.165) is 5.69 Å². The summed E-state index contributed by atoms with van der Waals surface area (Å²) in [6, 6.07) is 3.06. The number of aromatic nitrogens is 2. The molecule has 2 heterocycles. The van der Waals surface area contributed by atoms with Crippen LogP contribution in [0.4, 0.5) is 11.4 Å². The second-order valence-electron chi connectivity index (χ2n) is 4.54. The van der Waals surface area contributed by atoms with Crippen molar-refractivity contribution in [2.45, 2.75) is 18.9 Å². The number of rotatable bonds is 2. The van der Waals surface area contributed by atoms with Gasteiger partial charge in [-0.3, -0.25) is 10.1 Å². The van der Waals surface area contributed by atoms with Crippen LogP contribution in [0.3, 0.4) is 0 Å². The summed E-state index contributed by atoms with van der Waals surface area (Å²) in [5.41, 5.74) is 1.20. The monoisotopic (exact) mass is 264 g/mol. The highest BCUT2D eigenvalue weighted by Crippen LogP contribution is 2.32. The SMILES string of the molecule is O=[N+]([O-])c1ccc(N2CCC(O)CC2)c2nonc12. The third-order valence-electron chi connectivity index (χ3n) is 3.37. The van der Waals surface area contributed by atoms with E-state index in [-0.39, 0.29) is 17.3 Å². The Kier molecular flexibility index (Phi) is 2.79. The van der Waals surface area contributed by atoms with Gasteiger partial charge in [0.15, 0.2) is 5.52 Å². The molecule has 1 N–H and O–H groups in total. The maximum Gasteiger partial charge on any atom is 0.300 e. The Hall–Kier alpha value is -2.22. The number of fused-ring (bicyclic) bond motifs is 1. The second-order valence-corrected chi connectivity index (χ2v) is 4.54. The molecule has 0 atom stereocenters. The first-order chi connectivity index (χ1) is 9.16. The van der Waals surface area contributed by atoms with Crippen molar-refractivity contribution in [2.24, 2.45) is 0 Å². The summed E-state index contributed by atoms with van der Waals surface area (Å²) < 4.78 is 4.63. The van der Waals surface area contributed by atoms with Crippen molar-refractivity contribution in [3.8, 4) is 0 Å². The maximum atomic E-state index is 10.9. The Balaban J connectivity index is 2.03. The molecule has 0 spiro atoms. The molecule has 0 saturated carbocycles. The lowest BCUT2D eigenvalue weighted by atomic mass is 10.1. The van der Waals surface area contributed by atoms with Crippen LogP contribution in [0.15, 0.2) is 16.8 Å². The largest absolute Gasteiger partial charge is 0.393 e. The van der Waals surface area contributed by atoms with Gasteiger partial charge in [0.05, 0.1) is 16.7 Å². The molecule has 0 amide bonds. The first kappa shape index (κ1) is 11.8. The van der Waals surface area contributed by atoms with Crippen molar-refractivity contribution >= 4 is 22.4 Å². The molecular formula is C11H12N4O4. The van der Waals surface area contributed by atoms with Crippen molar-refractivity contribution in [1.82, 2.24) is 10.3 Å². The Morgan fingerprint density at radius 1 is 1.32 bits per heavy atom. The normalized spacial score (nSPS) is 17.0. The summed E-state index contributed by atoms with van der Waals surface area (Å²) in [5, 5.41) is 27.8. The number of benzene rings is 1. The molecule has 1 aliphatic heterocycles. The quantitative estimate of drug-likeness (QED) is 0.639. The van der Waals surface area contributed by atoms with E-state index < -0.39 is 4.92 Å². The minimum absolute atomic E-state index is 0.114. The molecule has 0 aliphatic carbocycles. The van der Waals surface area contributed by atoms with Gasteiger partial charge in [0.1, 0.15) is 0 Å². The lowest BCUT2D eigenvalue weighted by Gasteiger charge is -2.31. The molecule has 0 radical (unpaired) electrons. The smallest absolute Gasteiger partial charge is 0.300 e. The van der Waals surface area contributed by atoms with E-state index in [1.54, 1.807) is 6.07 Å². The highest BCUT2D eigenvalue weighted by atomic mass is 16.6. The average Bonchev–Trinajstić information content (AvgIpc) is 2.87. The fourth-order valence-electron chi connectivity index (χ4n) is 2.35. The number of non-ortho nitro benzene ring substituents is 1. The number of hydrogen-bond acceptors (Lipinski definition) is 7. The van der Waals surface area contributed by atoms with Gasteiger partial charge in [-0.2, -0.15) is 0 Å². The van der Waals surface area contributed by atoms with Crippen LogP contribution in [0, 0.1) is 10.1 Å². The Labute approximate surface area is 107 Å². The fraction of sp³-hybridized carbons (Fsp3) is 0.455. The predicted molar refractivity (Wildman–Crippen MR) is 65.9 cm³/mol. The summed E-state index contributed by atoms with van der Waals surface area (Å²) >= 11 is 0. The molecule has 0 bridgehead atoms. The first-order valence-electron chi connectivity index (χ1n) is 5.99. The number of hydrogen-bond donors (Lipinski definition) is 1. The molecule has 1 saturated heterocycles. The van der Waals surface area contributed by atoms with Crippen molar-refractivity contribution < 1.29 is 14.7 Å². The number of piperidine rings is 1. The van der Waals surface area contributed by atoms with E-state index in [9.17, 15) is 15.2 Å². The van der Waals surface area contributed by atoms with Gasteiger partial charge in [0.2, 0.25) is 5.52 Å². The highest BCUT2D eigenvalue weighted by Gasteiger charge is 2.24. The standard InChI is InChI=1S/C11H12N4O4/c16-7-3-5-14(6-4-7)8-1-2-9(15(17)18)11-10(8)12-19-13-11/h1-2,7,16H,3-6H2. The van der Waals surface area contributed by atoms with Gasteiger partial charge in [0, 0.05) is 19.2 Å². The van der Waals surface area contributed by atoms with E-state index in [0.29, 0.717) is 31.4 Å². The number of nitrogens with zero attached hydrogens (tertiary/aromatic N) is 4. The summed E-state index contributed by atoms with van der Waals surface area (Å²) in [4.78, 5) is 12.4. The van der Waals surface area contributed by atoms with Crippen molar-refractivity contribution in [3.63, 3.8) is 0 Å². The summed E-state index contributed by atoms with van der Waals surface area (Å²) in [6.07, 6.45) is 1.06. The van der Waals surface area contributed by atoms with Crippen molar-refractivity contribution in [1.29, 1.82) is 0 Å². The third-order valence-corrected chi connectivity index (χ3v) is 3.37. The second kappa shape index (κ2) is 4.47. The van der Waals surface area contributed by atoms with E-state index >= 15 is 0 Å². The van der Waals surface area contributed by atoms with Gasteiger partial charge in [-0.05, 0) is 29.2 Å². The first-order valence-corrected chi connectivity index (χ1v) is 5.99. The van der Waals surface area contributed by atoms with Crippen LogP contribution in [-0.4, -0.2) is 39.5 Å². The molecule has 8 nitrogen and oxygen atoms in total. The fourth-order valence-corrected chi connectivity index (χ4v) is 2.35. The molecule has 2 aromatic rings. The van der Waals surface area contributed by atoms with E-state index in [4.69, 9.17) is 0 Å². The lowest BCUT2D eigenvalue weighted by Crippen LogP contribution is -2.35. The molecule has 19 heavy (non-hydrogen) atoms. The number of nitro groups is 1. The number of anilines is 1. The molecule has 1 aromatic carbocycles. The van der Waals surface area contributed by atoms with Crippen molar-refractivity contribution in [3.05, 3.63) is 22.2 Å². The van der Waals surface area contributed by atoms with Gasteiger partial charge in [0.25, 0.3) is 0 Å². The predicted octanol–water partition coefficient (Wildman–Crippen LogP) is 1.09. The minimum Gasteiger partial charge on any atom is -0.393 e. The van der Waals surface area contributed by atoms with Gasteiger partial charge >= 0.3 is 5.69 Å². The third kappa shape index (κ3) is 1.99. The molecular weight excluding hydrogens is 252 g/mol. The molecule has 100 valence electrons. The highest BCUT2D eigenvalue weighted by molar-refractivity contribution is 5.93. The molecule has 1 fully saturated rings. The Bertz CT molecular complexity index is 618. The average molecular weight is 264 g/mol. The maximum absolute atomic E-state index is 10.9. The zero-order chi connectivity index (χ0) is 13.4. The Morgan fingerprint density at radius 3 is 2.68 bits per heavy atom. The van der Waals surface area contributed by atoms with Gasteiger partial charge in [-0.25, -0.2) is 4.63 Å². The van der Waals surface area contributed by atoms with E-state index in [2.05, 4.69) is 14.9 Å². The summed E-state index contributed by atoms with van der Waals surface area (Å²) in [5.74, 6) is 0.